The second-order valence-corrected chi connectivity index (χ2v) is 4.84. The van der Waals surface area contributed by atoms with Crippen LogP contribution in [-0.4, -0.2) is 37.2 Å². The van der Waals surface area contributed by atoms with Crippen molar-refractivity contribution in [2.75, 3.05) is 12.4 Å². The third-order valence-corrected chi connectivity index (χ3v) is 2.98. The highest BCUT2D eigenvalue weighted by Gasteiger charge is 2.63. The van der Waals surface area contributed by atoms with Crippen LogP contribution in [0.4, 0.5) is 32.0 Å². The third kappa shape index (κ3) is 5.17. The lowest BCUT2D eigenvalue weighted by Gasteiger charge is -2.35. The summed E-state index contributed by atoms with van der Waals surface area (Å²) in [6.45, 7) is 1.26. The Hall–Kier alpha value is -2.66. The van der Waals surface area contributed by atoms with Crippen LogP contribution in [-0.2, 0) is 14.3 Å². The summed E-state index contributed by atoms with van der Waals surface area (Å²) >= 11 is 0. The Morgan fingerprint density at radius 2 is 1.58 bits per heavy atom. The van der Waals surface area contributed by atoms with Gasteiger partial charge in [-0.1, -0.05) is 6.92 Å². The molecule has 1 rings (SSSR count). The van der Waals surface area contributed by atoms with Gasteiger partial charge < -0.3 is 20.1 Å². The molecule has 0 aliphatic rings. The number of hydrogen-bond donors (Lipinski definition) is 2. The summed E-state index contributed by atoms with van der Waals surface area (Å²) < 4.78 is 84.7. The van der Waals surface area contributed by atoms with E-state index in [2.05, 4.69) is 9.47 Å². The number of halogens is 6. The number of anilines is 1. The minimum absolute atomic E-state index is 0.366. The molecule has 6 nitrogen and oxygen atoms in total. The van der Waals surface area contributed by atoms with Gasteiger partial charge in [0, 0.05) is 12.1 Å². The quantitative estimate of drug-likeness (QED) is 0.445. The van der Waals surface area contributed by atoms with Gasteiger partial charge in [-0.25, -0.2) is 4.79 Å². The van der Waals surface area contributed by atoms with Gasteiger partial charge in [0.15, 0.2) is 0 Å². The Kier molecular flexibility index (Phi) is 6.34. The summed E-state index contributed by atoms with van der Waals surface area (Å²) in [5, 5.41) is 3.28. The number of carbonyl (C=O) groups is 2. The van der Waals surface area contributed by atoms with Crippen LogP contribution >= 0.6 is 0 Å². The standard InChI is InChI=1S/C14H14F6N2O4/c1-3-10(23)22-12(11(24)25-2,13(15,16)17)21-8-4-6-9(7-5-8)26-14(18,19)20/h4-7,21H,3H2,1-2H3,(H,22,23). The molecule has 26 heavy (non-hydrogen) atoms. The second kappa shape index (κ2) is 7.70. The molecular formula is C14H14F6N2O4. The second-order valence-electron chi connectivity index (χ2n) is 4.84. The fourth-order valence-corrected chi connectivity index (χ4v) is 1.80. The molecule has 0 bridgehead atoms. The van der Waals surface area contributed by atoms with E-state index in [4.69, 9.17) is 0 Å². The number of methoxy groups -OCH3 is 1. The largest absolute Gasteiger partial charge is 0.573 e. The zero-order chi connectivity index (χ0) is 20.2. The first kappa shape index (κ1) is 21.4. The highest BCUT2D eigenvalue weighted by molar-refractivity contribution is 5.91. The number of alkyl halides is 6. The van der Waals surface area contributed by atoms with Crippen LogP contribution < -0.4 is 15.4 Å². The molecule has 0 heterocycles. The van der Waals surface area contributed by atoms with E-state index in [9.17, 15) is 35.9 Å². The van der Waals surface area contributed by atoms with E-state index < -0.39 is 41.5 Å². The Morgan fingerprint density at radius 3 is 1.96 bits per heavy atom. The van der Waals surface area contributed by atoms with Crippen LogP contribution in [0.25, 0.3) is 0 Å². The zero-order valence-corrected chi connectivity index (χ0v) is 13.4. The van der Waals surface area contributed by atoms with Crippen LogP contribution in [0.3, 0.4) is 0 Å². The highest BCUT2D eigenvalue weighted by atomic mass is 19.4. The Bertz CT molecular complexity index is 644. The topological polar surface area (TPSA) is 76.7 Å². The number of ether oxygens (including phenoxy) is 2. The van der Waals surface area contributed by atoms with Crippen LogP contribution in [0.15, 0.2) is 24.3 Å². The van der Waals surface area contributed by atoms with Crippen LogP contribution in [0.2, 0.25) is 0 Å². The molecule has 0 radical (unpaired) electrons. The molecule has 1 aromatic carbocycles. The summed E-state index contributed by atoms with van der Waals surface area (Å²) in [6, 6.07) is 3.08. The smallest absolute Gasteiger partial charge is 0.466 e. The molecule has 146 valence electrons. The average molecular weight is 388 g/mol. The Balaban J connectivity index is 3.23. The maximum Gasteiger partial charge on any atom is 0.573 e. The van der Waals surface area contributed by atoms with E-state index in [1.807, 2.05) is 0 Å². The number of rotatable bonds is 6. The van der Waals surface area contributed by atoms with E-state index >= 15 is 0 Å². The van der Waals surface area contributed by atoms with Crippen molar-refractivity contribution in [3.05, 3.63) is 24.3 Å². The lowest BCUT2D eigenvalue weighted by molar-refractivity contribution is -0.274. The van der Waals surface area contributed by atoms with Crippen LogP contribution in [0.1, 0.15) is 13.3 Å². The van der Waals surface area contributed by atoms with Gasteiger partial charge in [0.25, 0.3) is 0 Å². The number of esters is 1. The van der Waals surface area contributed by atoms with E-state index in [1.165, 1.54) is 12.2 Å². The SMILES string of the molecule is CCC(=O)NC(Nc1ccc(OC(F)(F)F)cc1)(C(=O)OC)C(F)(F)F. The van der Waals surface area contributed by atoms with Gasteiger partial charge in [-0.15, -0.1) is 13.2 Å². The summed E-state index contributed by atoms with van der Waals surface area (Å²) in [5.41, 5.74) is -4.04. The van der Waals surface area contributed by atoms with Gasteiger partial charge in [-0.2, -0.15) is 13.2 Å². The van der Waals surface area contributed by atoms with Gasteiger partial charge in [-0.05, 0) is 24.3 Å². The fraction of sp³-hybridized carbons (Fsp3) is 0.429. The number of carbonyl (C=O) groups excluding carboxylic acids is 2. The molecule has 12 heteroatoms. The van der Waals surface area contributed by atoms with Crippen molar-refractivity contribution in [3.63, 3.8) is 0 Å². The molecule has 1 unspecified atom stereocenters. The van der Waals surface area contributed by atoms with Crippen molar-refractivity contribution >= 4 is 17.6 Å². The molecule has 0 spiro atoms. The summed E-state index contributed by atoms with van der Waals surface area (Å²) in [6.07, 6.45) is -10.7. The molecule has 0 fully saturated rings. The Morgan fingerprint density at radius 1 is 1.04 bits per heavy atom. The fourth-order valence-electron chi connectivity index (χ4n) is 1.80. The molecule has 1 amide bonds. The third-order valence-electron chi connectivity index (χ3n) is 2.98. The normalized spacial score (nSPS) is 14.2. The van der Waals surface area contributed by atoms with Crippen molar-refractivity contribution in [2.45, 2.75) is 31.5 Å². The van der Waals surface area contributed by atoms with Crippen molar-refractivity contribution in [3.8, 4) is 5.75 Å². The zero-order valence-electron chi connectivity index (χ0n) is 13.4. The molecule has 0 aromatic heterocycles. The van der Waals surface area contributed by atoms with E-state index in [0.29, 0.717) is 7.11 Å². The molecule has 0 saturated heterocycles. The molecule has 0 saturated carbocycles. The first-order chi connectivity index (χ1) is 11.8. The minimum atomic E-state index is -5.33. The van der Waals surface area contributed by atoms with Crippen molar-refractivity contribution < 1.29 is 45.4 Å². The lowest BCUT2D eigenvalue weighted by Crippen LogP contribution is -2.69. The first-order valence-electron chi connectivity index (χ1n) is 6.94. The molecule has 0 aliphatic carbocycles. The monoisotopic (exact) mass is 388 g/mol. The van der Waals surface area contributed by atoms with Gasteiger partial charge in [0.1, 0.15) is 5.75 Å². The molecular weight excluding hydrogens is 374 g/mol. The average Bonchev–Trinajstić information content (AvgIpc) is 2.52. The van der Waals surface area contributed by atoms with Gasteiger partial charge in [0.05, 0.1) is 7.11 Å². The number of nitrogens with one attached hydrogen (secondary N) is 2. The lowest BCUT2D eigenvalue weighted by atomic mass is 10.1. The Labute approximate surface area is 143 Å². The summed E-state index contributed by atoms with van der Waals surface area (Å²) in [4.78, 5) is 23.3. The van der Waals surface area contributed by atoms with Crippen molar-refractivity contribution in [1.29, 1.82) is 0 Å². The maximum atomic E-state index is 13.5. The predicted octanol–water partition coefficient (Wildman–Crippen LogP) is 2.95. The molecule has 1 atom stereocenters. The van der Waals surface area contributed by atoms with Gasteiger partial charge in [-0.3, -0.25) is 4.79 Å². The van der Waals surface area contributed by atoms with Crippen LogP contribution in [0, 0.1) is 0 Å². The highest BCUT2D eigenvalue weighted by Crippen LogP contribution is 2.34. The van der Waals surface area contributed by atoms with E-state index in [-0.39, 0.29) is 6.42 Å². The van der Waals surface area contributed by atoms with Crippen molar-refractivity contribution in [1.82, 2.24) is 5.32 Å². The van der Waals surface area contributed by atoms with E-state index in [0.717, 1.165) is 24.3 Å². The summed E-state index contributed by atoms with van der Waals surface area (Å²) in [5.74, 6) is -3.66. The molecule has 2 N–H and O–H groups in total. The van der Waals surface area contributed by atoms with E-state index in [1.54, 1.807) is 5.32 Å². The molecule has 0 aliphatic heterocycles. The van der Waals surface area contributed by atoms with Crippen LogP contribution in [0.5, 0.6) is 5.75 Å². The minimum Gasteiger partial charge on any atom is -0.466 e. The molecule has 1 aromatic rings. The number of hydrogen-bond acceptors (Lipinski definition) is 5. The number of benzene rings is 1. The number of amides is 1. The van der Waals surface area contributed by atoms with Gasteiger partial charge in [0.2, 0.25) is 5.91 Å². The first-order valence-corrected chi connectivity index (χ1v) is 6.94. The van der Waals surface area contributed by atoms with Crippen molar-refractivity contribution in [2.24, 2.45) is 0 Å². The van der Waals surface area contributed by atoms with Gasteiger partial charge >= 0.3 is 24.2 Å². The maximum absolute atomic E-state index is 13.5. The summed E-state index contributed by atoms with van der Waals surface area (Å²) in [7, 11) is 0.683. The predicted molar refractivity (Wildman–Crippen MR) is 76.0 cm³/mol.